The topological polar surface area (TPSA) is 67.4 Å². The molecular weight excluding hydrogens is 427 g/mol. The molecule has 0 radical (unpaired) electrons. The van der Waals surface area contributed by atoms with Gasteiger partial charge in [0.2, 0.25) is 0 Å². The molecule has 0 saturated heterocycles. The average molecular weight is 443 g/mol. The van der Waals surface area contributed by atoms with E-state index >= 15 is 0 Å². The second-order valence-corrected chi connectivity index (χ2v) is 6.76. The van der Waals surface area contributed by atoms with E-state index in [-0.39, 0.29) is 11.1 Å². The summed E-state index contributed by atoms with van der Waals surface area (Å²) in [6.45, 7) is 0. The van der Waals surface area contributed by atoms with Gasteiger partial charge in [-0.1, -0.05) is 34.1 Å². The van der Waals surface area contributed by atoms with Crippen LogP contribution in [0, 0.1) is 5.82 Å². The molecule has 3 rings (SSSR count). The SMILES string of the molecule is COc1cccc(NC(=O)c2ccccc2NC(=O)c2cc(F)cc(Br)c2)c1. The maximum absolute atomic E-state index is 13.6. The summed E-state index contributed by atoms with van der Waals surface area (Å²) < 4.78 is 19.1. The Morgan fingerprint density at radius 1 is 0.929 bits per heavy atom. The Hall–Kier alpha value is -3.19. The highest BCUT2D eigenvalue weighted by Crippen LogP contribution is 2.22. The molecule has 0 heterocycles. The molecule has 0 saturated carbocycles. The molecule has 0 unspecified atom stereocenters. The maximum atomic E-state index is 13.6. The Bertz CT molecular complexity index is 1020. The van der Waals surface area contributed by atoms with E-state index in [2.05, 4.69) is 26.6 Å². The minimum Gasteiger partial charge on any atom is -0.497 e. The number of benzene rings is 3. The van der Waals surface area contributed by atoms with Gasteiger partial charge in [-0.05, 0) is 42.5 Å². The first-order valence-electron chi connectivity index (χ1n) is 8.28. The van der Waals surface area contributed by atoms with Crippen LogP contribution in [-0.2, 0) is 0 Å². The molecular formula is C21H16BrFN2O3. The van der Waals surface area contributed by atoms with E-state index in [1.165, 1.54) is 19.2 Å². The van der Waals surface area contributed by atoms with Gasteiger partial charge in [-0.15, -0.1) is 0 Å². The van der Waals surface area contributed by atoms with Crippen LogP contribution in [0.4, 0.5) is 15.8 Å². The van der Waals surface area contributed by atoms with E-state index in [1.54, 1.807) is 48.5 Å². The number of hydrogen-bond donors (Lipinski definition) is 2. The molecule has 0 aliphatic rings. The first-order valence-corrected chi connectivity index (χ1v) is 9.07. The quantitative estimate of drug-likeness (QED) is 0.577. The fraction of sp³-hybridized carbons (Fsp3) is 0.0476. The third-order valence-corrected chi connectivity index (χ3v) is 4.33. The number of hydrogen-bond acceptors (Lipinski definition) is 3. The zero-order valence-electron chi connectivity index (χ0n) is 14.8. The van der Waals surface area contributed by atoms with E-state index in [9.17, 15) is 14.0 Å². The lowest BCUT2D eigenvalue weighted by Gasteiger charge is -2.12. The first kappa shape index (κ1) is 19.6. The Balaban J connectivity index is 1.82. The van der Waals surface area contributed by atoms with E-state index in [1.807, 2.05) is 0 Å². The third kappa shape index (κ3) is 4.75. The molecule has 3 aromatic rings. The highest BCUT2D eigenvalue weighted by Gasteiger charge is 2.15. The fourth-order valence-corrected chi connectivity index (χ4v) is 3.03. The van der Waals surface area contributed by atoms with Gasteiger partial charge >= 0.3 is 0 Å². The maximum Gasteiger partial charge on any atom is 0.257 e. The number of nitrogens with one attached hydrogen (secondary N) is 2. The zero-order valence-corrected chi connectivity index (χ0v) is 16.4. The molecule has 0 atom stereocenters. The molecule has 0 spiro atoms. The molecule has 142 valence electrons. The van der Waals surface area contributed by atoms with Crippen molar-refractivity contribution in [3.63, 3.8) is 0 Å². The monoisotopic (exact) mass is 442 g/mol. The van der Waals surface area contributed by atoms with E-state index < -0.39 is 17.6 Å². The van der Waals surface area contributed by atoms with Gasteiger partial charge in [0.1, 0.15) is 11.6 Å². The van der Waals surface area contributed by atoms with Crippen LogP contribution in [0.15, 0.2) is 71.2 Å². The molecule has 0 fully saturated rings. The van der Waals surface area contributed by atoms with Crippen LogP contribution in [0.2, 0.25) is 0 Å². The largest absolute Gasteiger partial charge is 0.497 e. The van der Waals surface area contributed by atoms with Crippen LogP contribution in [-0.4, -0.2) is 18.9 Å². The van der Waals surface area contributed by atoms with Crippen molar-refractivity contribution >= 4 is 39.1 Å². The van der Waals surface area contributed by atoms with Crippen LogP contribution in [0.3, 0.4) is 0 Å². The van der Waals surface area contributed by atoms with Crippen molar-refractivity contribution in [2.75, 3.05) is 17.7 Å². The summed E-state index contributed by atoms with van der Waals surface area (Å²) in [4.78, 5) is 25.2. The first-order chi connectivity index (χ1) is 13.5. The number of amides is 2. The van der Waals surface area contributed by atoms with E-state index in [0.29, 0.717) is 21.6 Å². The number of methoxy groups -OCH3 is 1. The Labute approximate surface area is 169 Å². The number of anilines is 2. The molecule has 5 nitrogen and oxygen atoms in total. The smallest absolute Gasteiger partial charge is 0.257 e. The van der Waals surface area contributed by atoms with Gasteiger partial charge in [-0.3, -0.25) is 9.59 Å². The van der Waals surface area contributed by atoms with Crippen LogP contribution >= 0.6 is 15.9 Å². The normalized spacial score (nSPS) is 10.2. The molecule has 2 N–H and O–H groups in total. The number of carbonyl (C=O) groups excluding carboxylic acids is 2. The predicted molar refractivity (Wildman–Crippen MR) is 109 cm³/mol. The molecule has 3 aromatic carbocycles. The number of para-hydroxylation sites is 1. The lowest BCUT2D eigenvalue weighted by molar-refractivity contribution is 0.102. The number of halogens is 2. The number of carbonyl (C=O) groups is 2. The Kier molecular flexibility index (Phi) is 6.06. The van der Waals surface area contributed by atoms with Crippen molar-refractivity contribution in [1.82, 2.24) is 0 Å². The summed E-state index contributed by atoms with van der Waals surface area (Å²) in [6.07, 6.45) is 0. The lowest BCUT2D eigenvalue weighted by Crippen LogP contribution is -2.18. The van der Waals surface area contributed by atoms with Crippen LogP contribution < -0.4 is 15.4 Å². The van der Waals surface area contributed by atoms with Gasteiger partial charge in [-0.2, -0.15) is 0 Å². The van der Waals surface area contributed by atoms with Gasteiger partial charge in [-0.25, -0.2) is 4.39 Å². The van der Waals surface area contributed by atoms with Crippen LogP contribution in [0.1, 0.15) is 20.7 Å². The van der Waals surface area contributed by atoms with Crippen molar-refractivity contribution in [3.8, 4) is 5.75 Å². The van der Waals surface area contributed by atoms with Gasteiger partial charge in [0, 0.05) is 21.8 Å². The fourth-order valence-electron chi connectivity index (χ4n) is 2.57. The predicted octanol–water partition coefficient (Wildman–Crippen LogP) is 5.10. The summed E-state index contributed by atoms with van der Waals surface area (Å²) in [5.74, 6) is -0.856. The molecule has 0 aliphatic carbocycles. The zero-order chi connectivity index (χ0) is 20.1. The Morgan fingerprint density at radius 2 is 1.71 bits per heavy atom. The summed E-state index contributed by atoms with van der Waals surface area (Å²) in [7, 11) is 1.54. The second kappa shape index (κ2) is 8.67. The van der Waals surface area contributed by atoms with E-state index in [4.69, 9.17) is 4.74 Å². The van der Waals surface area contributed by atoms with Crippen LogP contribution in [0.25, 0.3) is 0 Å². The highest BCUT2D eigenvalue weighted by molar-refractivity contribution is 9.10. The molecule has 0 bridgehead atoms. The van der Waals surface area contributed by atoms with Crippen molar-refractivity contribution in [3.05, 3.63) is 88.1 Å². The average Bonchev–Trinajstić information content (AvgIpc) is 2.67. The van der Waals surface area contributed by atoms with Gasteiger partial charge < -0.3 is 15.4 Å². The molecule has 7 heteroatoms. The van der Waals surface area contributed by atoms with Crippen molar-refractivity contribution in [1.29, 1.82) is 0 Å². The van der Waals surface area contributed by atoms with Gasteiger partial charge in [0.15, 0.2) is 0 Å². The number of rotatable bonds is 5. The van der Waals surface area contributed by atoms with Gasteiger partial charge in [0.25, 0.3) is 11.8 Å². The molecule has 0 aliphatic heterocycles. The Morgan fingerprint density at radius 3 is 2.46 bits per heavy atom. The summed E-state index contributed by atoms with van der Waals surface area (Å²) >= 11 is 3.16. The lowest BCUT2D eigenvalue weighted by atomic mass is 10.1. The highest BCUT2D eigenvalue weighted by atomic mass is 79.9. The standard InChI is InChI=1S/C21H16BrFN2O3/c1-28-17-6-4-5-16(12-17)24-21(27)18-7-2-3-8-19(18)25-20(26)13-9-14(22)11-15(23)10-13/h2-12H,1H3,(H,24,27)(H,25,26). The number of ether oxygens (including phenoxy) is 1. The summed E-state index contributed by atoms with van der Waals surface area (Å²) in [5.41, 5.74) is 1.27. The molecule has 28 heavy (non-hydrogen) atoms. The van der Waals surface area contributed by atoms with Crippen LogP contribution in [0.5, 0.6) is 5.75 Å². The minimum absolute atomic E-state index is 0.134. The minimum atomic E-state index is -0.538. The third-order valence-electron chi connectivity index (χ3n) is 3.87. The molecule has 2 amide bonds. The van der Waals surface area contributed by atoms with Gasteiger partial charge in [0.05, 0.1) is 18.4 Å². The summed E-state index contributed by atoms with van der Waals surface area (Å²) in [6, 6.07) is 17.4. The second-order valence-electron chi connectivity index (χ2n) is 5.84. The van der Waals surface area contributed by atoms with Crippen molar-refractivity contribution in [2.45, 2.75) is 0 Å². The molecule has 0 aromatic heterocycles. The van der Waals surface area contributed by atoms with E-state index in [0.717, 1.165) is 6.07 Å². The van der Waals surface area contributed by atoms with Crippen molar-refractivity contribution < 1.29 is 18.7 Å². The summed E-state index contributed by atoms with van der Waals surface area (Å²) in [5, 5.41) is 5.43. The van der Waals surface area contributed by atoms with Crippen molar-refractivity contribution in [2.24, 2.45) is 0 Å².